The maximum Gasteiger partial charge on any atom is 0.211 e. The Labute approximate surface area is 193 Å². The first-order chi connectivity index (χ1) is 14.1. The van der Waals surface area contributed by atoms with Crippen LogP contribution in [0.15, 0.2) is 0 Å². The molecule has 8 heteroatoms. The van der Waals surface area contributed by atoms with E-state index in [0.29, 0.717) is 6.54 Å². The van der Waals surface area contributed by atoms with Crippen LogP contribution in [0.5, 0.6) is 0 Å². The maximum atomic E-state index is 12.0. The van der Waals surface area contributed by atoms with E-state index in [2.05, 4.69) is 22.3 Å². The van der Waals surface area contributed by atoms with E-state index in [1.807, 2.05) is 0 Å². The van der Waals surface area contributed by atoms with E-state index < -0.39 is 10.0 Å². The van der Waals surface area contributed by atoms with Crippen molar-refractivity contribution in [1.82, 2.24) is 15.4 Å². The first-order valence-corrected chi connectivity index (χ1v) is 13.9. The summed E-state index contributed by atoms with van der Waals surface area (Å²) in [5.74, 6) is 0.272. The summed E-state index contributed by atoms with van der Waals surface area (Å²) in [4.78, 5) is 0. The summed E-state index contributed by atoms with van der Waals surface area (Å²) in [6, 6.07) is 0. The standard InChI is InChI=1S/C22H50N4O2S.ClH/c1-2-3-4-5-6-7-8-9-10-13-22-29(27,28)26-21-15-20-25-18-12-11-17-24-19-14-16-23;/h24-26H,2-23H2,1H3;1H. The largest absolute Gasteiger partial charge is 0.330 e. The third kappa shape index (κ3) is 26.1. The average Bonchev–Trinajstić information content (AvgIpc) is 2.70. The lowest BCUT2D eigenvalue weighted by molar-refractivity contribution is 0.549. The van der Waals surface area contributed by atoms with Gasteiger partial charge < -0.3 is 16.4 Å². The topological polar surface area (TPSA) is 96.2 Å². The van der Waals surface area contributed by atoms with E-state index in [0.717, 1.165) is 77.7 Å². The fourth-order valence-corrected chi connectivity index (χ4v) is 4.45. The zero-order valence-electron chi connectivity index (χ0n) is 19.6. The van der Waals surface area contributed by atoms with Crippen LogP contribution in [-0.2, 0) is 10.0 Å². The third-order valence-corrected chi connectivity index (χ3v) is 6.60. The monoisotopic (exact) mass is 470 g/mol. The van der Waals surface area contributed by atoms with Gasteiger partial charge in [-0.3, -0.25) is 0 Å². The van der Waals surface area contributed by atoms with E-state index in [-0.39, 0.29) is 18.2 Å². The molecule has 30 heavy (non-hydrogen) atoms. The minimum atomic E-state index is -3.10. The molecule has 0 saturated carbocycles. The van der Waals surface area contributed by atoms with E-state index in [1.54, 1.807) is 0 Å². The molecule has 0 aliphatic heterocycles. The molecule has 5 N–H and O–H groups in total. The van der Waals surface area contributed by atoms with Gasteiger partial charge in [0.25, 0.3) is 0 Å². The fraction of sp³-hybridized carbons (Fsp3) is 1.00. The normalized spacial score (nSPS) is 11.5. The SMILES string of the molecule is CCCCCCCCCCCCS(=O)(=O)NCCCNCCCCNCCCN.Cl. The van der Waals surface area contributed by atoms with Crippen LogP contribution in [0.1, 0.15) is 96.8 Å². The van der Waals surface area contributed by atoms with Crippen molar-refractivity contribution in [3.8, 4) is 0 Å². The van der Waals surface area contributed by atoms with Crippen LogP contribution in [0.4, 0.5) is 0 Å². The summed E-state index contributed by atoms with van der Waals surface area (Å²) in [6.45, 7) is 7.42. The zero-order chi connectivity index (χ0) is 21.5. The maximum absolute atomic E-state index is 12.0. The molecule has 0 amide bonds. The highest BCUT2D eigenvalue weighted by molar-refractivity contribution is 7.89. The first-order valence-electron chi connectivity index (χ1n) is 12.2. The van der Waals surface area contributed by atoms with Crippen LogP contribution in [0.2, 0.25) is 0 Å². The van der Waals surface area contributed by atoms with Crippen LogP contribution in [0, 0.1) is 0 Å². The van der Waals surface area contributed by atoms with Crippen molar-refractivity contribution >= 4 is 22.4 Å². The van der Waals surface area contributed by atoms with E-state index in [9.17, 15) is 8.42 Å². The Morgan fingerprint density at radius 2 is 1.07 bits per heavy atom. The first kappa shape index (κ1) is 32.3. The van der Waals surface area contributed by atoms with Crippen LogP contribution in [0.25, 0.3) is 0 Å². The summed E-state index contributed by atoms with van der Waals surface area (Å²) < 4.78 is 26.7. The van der Waals surface area contributed by atoms with Gasteiger partial charge in [0.05, 0.1) is 5.75 Å². The van der Waals surface area contributed by atoms with Gasteiger partial charge in [0.2, 0.25) is 10.0 Å². The Kier molecular flexibility index (Phi) is 27.3. The highest BCUT2D eigenvalue weighted by Gasteiger charge is 2.08. The van der Waals surface area contributed by atoms with Gasteiger partial charge >= 0.3 is 0 Å². The van der Waals surface area contributed by atoms with E-state index in [1.165, 1.54) is 44.9 Å². The summed E-state index contributed by atoms with van der Waals surface area (Å²) >= 11 is 0. The Morgan fingerprint density at radius 1 is 0.600 bits per heavy atom. The van der Waals surface area contributed by atoms with Gasteiger partial charge in [0, 0.05) is 6.54 Å². The summed E-state index contributed by atoms with van der Waals surface area (Å²) in [5, 5.41) is 6.75. The molecule has 0 aliphatic rings. The molecule has 184 valence electrons. The highest BCUT2D eigenvalue weighted by Crippen LogP contribution is 2.10. The van der Waals surface area contributed by atoms with Crippen molar-refractivity contribution < 1.29 is 8.42 Å². The number of nitrogens with one attached hydrogen (secondary N) is 3. The molecule has 0 aromatic heterocycles. The molecule has 0 atom stereocenters. The van der Waals surface area contributed by atoms with Crippen molar-refractivity contribution in [2.45, 2.75) is 96.8 Å². The second kappa shape index (κ2) is 25.3. The van der Waals surface area contributed by atoms with E-state index >= 15 is 0 Å². The smallest absolute Gasteiger partial charge is 0.211 e. The molecule has 0 heterocycles. The lowest BCUT2D eigenvalue weighted by atomic mass is 10.1. The highest BCUT2D eigenvalue weighted by atomic mass is 35.5. The Balaban J connectivity index is 0. The summed E-state index contributed by atoms with van der Waals surface area (Å²) in [5.41, 5.74) is 5.44. The van der Waals surface area contributed by atoms with Crippen molar-refractivity contribution in [3.05, 3.63) is 0 Å². The van der Waals surface area contributed by atoms with Gasteiger partial charge in [-0.15, -0.1) is 12.4 Å². The molecule has 0 saturated heterocycles. The lowest BCUT2D eigenvalue weighted by Gasteiger charge is -2.08. The van der Waals surface area contributed by atoms with Crippen LogP contribution < -0.4 is 21.1 Å². The second-order valence-corrected chi connectivity index (χ2v) is 10.0. The number of hydrogen-bond donors (Lipinski definition) is 4. The van der Waals surface area contributed by atoms with Gasteiger partial charge in [0.15, 0.2) is 0 Å². The Hall–Kier alpha value is 0.0800. The van der Waals surface area contributed by atoms with Crippen molar-refractivity contribution in [1.29, 1.82) is 0 Å². The van der Waals surface area contributed by atoms with Gasteiger partial charge in [-0.25, -0.2) is 13.1 Å². The van der Waals surface area contributed by atoms with Crippen LogP contribution in [-0.4, -0.2) is 53.4 Å². The third-order valence-electron chi connectivity index (χ3n) is 5.13. The predicted molar refractivity (Wildman–Crippen MR) is 134 cm³/mol. The Morgan fingerprint density at radius 3 is 1.60 bits per heavy atom. The number of hydrogen-bond acceptors (Lipinski definition) is 5. The molecule has 0 radical (unpaired) electrons. The molecule has 0 unspecified atom stereocenters. The van der Waals surface area contributed by atoms with Crippen molar-refractivity contribution in [2.24, 2.45) is 5.73 Å². The number of sulfonamides is 1. The number of rotatable bonds is 24. The summed E-state index contributed by atoms with van der Waals surface area (Å²) in [6.07, 6.45) is 16.4. The fourth-order valence-electron chi connectivity index (χ4n) is 3.27. The van der Waals surface area contributed by atoms with Gasteiger partial charge in [-0.05, 0) is 64.8 Å². The molecular weight excluding hydrogens is 420 g/mol. The minimum Gasteiger partial charge on any atom is -0.330 e. The van der Waals surface area contributed by atoms with Gasteiger partial charge in [-0.1, -0.05) is 64.7 Å². The molecule has 0 fully saturated rings. The van der Waals surface area contributed by atoms with Crippen LogP contribution in [0.3, 0.4) is 0 Å². The molecule has 0 bridgehead atoms. The predicted octanol–water partition coefficient (Wildman–Crippen LogP) is 3.95. The number of halogens is 1. The molecule has 6 nitrogen and oxygen atoms in total. The average molecular weight is 471 g/mol. The van der Waals surface area contributed by atoms with Crippen molar-refractivity contribution in [2.75, 3.05) is 45.0 Å². The second-order valence-electron chi connectivity index (χ2n) is 8.10. The lowest BCUT2D eigenvalue weighted by Crippen LogP contribution is -2.29. The molecule has 0 aromatic carbocycles. The van der Waals surface area contributed by atoms with E-state index in [4.69, 9.17) is 5.73 Å². The van der Waals surface area contributed by atoms with Crippen LogP contribution >= 0.6 is 12.4 Å². The zero-order valence-corrected chi connectivity index (χ0v) is 21.2. The molecule has 0 rings (SSSR count). The Bertz CT molecular complexity index is 425. The summed E-state index contributed by atoms with van der Waals surface area (Å²) in [7, 11) is -3.10. The van der Waals surface area contributed by atoms with Gasteiger partial charge in [0.1, 0.15) is 0 Å². The number of nitrogens with two attached hydrogens (primary N) is 1. The quantitative estimate of drug-likeness (QED) is 0.160. The molecule has 0 aromatic rings. The van der Waals surface area contributed by atoms with Crippen molar-refractivity contribution in [3.63, 3.8) is 0 Å². The van der Waals surface area contributed by atoms with Gasteiger partial charge in [-0.2, -0.15) is 0 Å². The minimum absolute atomic E-state index is 0. The number of unbranched alkanes of at least 4 members (excludes halogenated alkanes) is 10. The molecule has 0 aliphatic carbocycles. The molecular formula is C22H51ClN4O2S. The molecule has 0 spiro atoms.